The average molecular weight is 314 g/mol. The van der Waals surface area contributed by atoms with Crippen molar-refractivity contribution < 1.29 is 4.52 Å². The summed E-state index contributed by atoms with van der Waals surface area (Å²) in [5.41, 5.74) is 1.24. The first-order valence-corrected chi connectivity index (χ1v) is 8.53. The van der Waals surface area contributed by atoms with Crippen molar-refractivity contribution in [2.45, 2.75) is 25.1 Å². The van der Waals surface area contributed by atoms with Crippen LogP contribution in [0.25, 0.3) is 0 Å². The Balaban J connectivity index is 1.79. The molecule has 0 fully saturated rings. The van der Waals surface area contributed by atoms with E-state index >= 15 is 0 Å². The molecule has 0 aliphatic heterocycles. The highest BCUT2D eigenvalue weighted by atomic mass is 32.2. The molecule has 0 spiro atoms. The summed E-state index contributed by atoms with van der Waals surface area (Å²) in [6, 6.07) is 10.4. The Kier molecular flexibility index (Phi) is 4.58. The van der Waals surface area contributed by atoms with Gasteiger partial charge in [-0.25, -0.2) is 4.98 Å². The lowest BCUT2D eigenvalue weighted by Crippen LogP contribution is -2.09. The fraction of sp³-hybridized carbons (Fsp3) is 0.312. The summed E-state index contributed by atoms with van der Waals surface area (Å²) < 4.78 is 7.37. The third-order valence-electron chi connectivity index (χ3n) is 3.52. The van der Waals surface area contributed by atoms with Gasteiger partial charge in [-0.1, -0.05) is 42.4 Å². The van der Waals surface area contributed by atoms with Gasteiger partial charge in [0.2, 0.25) is 5.89 Å². The van der Waals surface area contributed by atoms with Gasteiger partial charge in [-0.3, -0.25) is 0 Å². The van der Waals surface area contributed by atoms with Gasteiger partial charge in [0, 0.05) is 18.3 Å². The summed E-state index contributed by atoms with van der Waals surface area (Å²) in [4.78, 5) is 8.90. The average Bonchev–Trinajstić information content (AvgIpc) is 3.18. The number of aromatic nitrogens is 4. The predicted molar refractivity (Wildman–Crippen MR) is 86.8 cm³/mol. The number of thioether (sulfide) groups is 1. The third-order valence-corrected chi connectivity index (χ3v) is 4.07. The van der Waals surface area contributed by atoms with Crippen LogP contribution in [0.15, 0.2) is 47.2 Å². The number of imidazole rings is 1. The predicted octanol–water partition coefficient (Wildman–Crippen LogP) is 3.33. The zero-order chi connectivity index (χ0) is 15.4. The second-order valence-electron chi connectivity index (χ2n) is 5.08. The maximum atomic E-state index is 5.31. The normalized spacial score (nSPS) is 12.5. The Hall–Kier alpha value is -2.08. The minimum atomic E-state index is 0.213. The zero-order valence-electron chi connectivity index (χ0n) is 12.6. The molecule has 2 heterocycles. The van der Waals surface area contributed by atoms with Crippen LogP contribution < -0.4 is 0 Å². The smallest absolute Gasteiger partial charge is 0.246 e. The van der Waals surface area contributed by atoms with E-state index in [1.165, 1.54) is 5.56 Å². The van der Waals surface area contributed by atoms with Crippen LogP contribution in [0.2, 0.25) is 0 Å². The maximum absolute atomic E-state index is 5.31. The van der Waals surface area contributed by atoms with E-state index in [4.69, 9.17) is 4.52 Å². The lowest BCUT2D eigenvalue weighted by Gasteiger charge is -2.13. The molecule has 3 rings (SSSR count). The lowest BCUT2D eigenvalue weighted by molar-refractivity contribution is 0.365. The summed E-state index contributed by atoms with van der Waals surface area (Å²) >= 11 is 1.68. The minimum Gasteiger partial charge on any atom is -0.337 e. The van der Waals surface area contributed by atoms with Crippen molar-refractivity contribution in [2.75, 3.05) is 6.26 Å². The standard InChI is InChI=1S/C16H18N4OS/c1-12(13-6-4-3-5-7-13)16-17-8-9-20(16)10-15-18-14(11-22-2)19-21-15/h3-9,12H,10-11H2,1-2H3/t12-/m1/s1. The molecular weight excluding hydrogens is 296 g/mol. The Morgan fingerprint density at radius 1 is 1.27 bits per heavy atom. The second-order valence-corrected chi connectivity index (χ2v) is 5.95. The highest BCUT2D eigenvalue weighted by Crippen LogP contribution is 2.23. The van der Waals surface area contributed by atoms with Crippen molar-refractivity contribution >= 4 is 11.8 Å². The molecule has 0 unspecified atom stereocenters. The van der Waals surface area contributed by atoms with Crippen molar-refractivity contribution in [3.8, 4) is 0 Å². The number of rotatable bonds is 6. The first-order valence-electron chi connectivity index (χ1n) is 7.14. The molecule has 0 bridgehead atoms. The monoisotopic (exact) mass is 314 g/mol. The van der Waals surface area contributed by atoms with Crippen LogP contribution in [-0.4, -0.2) is 25.9 Å². The van der Waals surface area contributed by atoms with Gasteiger partial charge in [-0.2, -0.15) is 16.7 Å². The van der Waals surface area contributed by atoms with Gasteiger partial charge in [0.1, 0.15) is 12.4 Å². The molecule has 3 aromatic rings. The maximum Gasteiger partial charge on any atom is 0.246 e. The molecule has 114 valence electrons. The van der Waals surface area contributed by atoms with Crippen LogP contribution in [0.5, 0.6) is 0 Å². The number of benzene rings is 1. The summed E-state index contributed by atoms with van der Waals surface area (Å²) in [6.07, 6.45) is 5.78. The quantitative estimate of drug-likeness (QED) is 0.698. The highest BCUT2D eigenvalue weighted by molar-refractivity contribution is 7.97. The summed E-state index contributed by atoms with van der Waals surface area (Å²) in [7, 11) is 0. The van der Waals surface area contributed by atoms with Crippen LogP contribution in [0.1, 0.15) is 35.9 Å². The van der Waals surface area contributed by atoms with E-state index < -0.39 is 0 Å². The topological polar surface area (TPSA) is 56.7 Å². The molecule has 6 heteroatoms. The summed E-state index contributed by atoms with van der Waals surface area (Å²) in [6.45, 7) is 2.70. The molecule has 0 aliphatic carbocycles. The van der Waals surface area contributed by atoms with Crippen molar-refractivity contribution in [3.05, 3.63) is 65.8 Å². The number of nitrogens with zero attached hydrogens (tertiary/aromatic N) is 4. The van der Waals surface area contributed by atoms with Crippen molar-refractivity contribution in [3.63, 3.8) is 0 Å². The van der Waals surface area contributed by atoms with E-state index in [-0.39, 0.29) is 5.92 Å². The zero-order valence-corrected chi connectivity index (χ0v) is 13.5. The van der Waals surface area contributed by atoms with Crippen LogP contribution in [0.4, 0.5) is 0 Å². The molecule has 1 atom stereocenters. The molecule has 0 aliphatic rings. The largest absolute Gasteiger partial charge is 0.337 e. The van der Waals surface area contributed by atoms with E-state index in [1.54, 1.807) is 11.8 Å². The lowest BCUT2D eigenvalue weighted by atomic mass is 10.0. The van der Waals surface area contributed by atoms with E-state index in [0.29, 0.717) is 12.4 Å². The summed E-state index contributed by atoms with van der Waals surface area (Å²) in [5, 5.41) is 3.98. The Labute approximate surface area is 133 Å². The van der Waals surface area contributed by atoms with Crippen LogP contribution in [0.3, 0.4) is 0 Å². The first-order chi connectivity index (χ1) is 10.8. The molecular formula is C16H18N4OS. The molecule has 2 aromatic heterocycles. The molecule has 5 nitrogen and oxygen atoms in total. The minimum absolute atomic E-state index is 0.213. The Morgan fingerprint density at radius 3 is 2.86 bits per heavy atom. The first kappa shape index (κ1) is 14.8. The summed E-state index contributed by atoms with van der Waals surface area (Å²) in [5.74, 6) is 3.32. The third kappa shape index (κ3) is 3.22. The molecule has 1 aromatic carbocycles. The van der Waals surface area contributed by atoms with Crippen LogP contribution in [-0.2, 0) is 12.3 Å². The number of hydrogen-bond acceptors (Lipinski definition) is 5. The Morgan fingerprint density at radius 2 is 2.09 bits per heavy atom. The van der Waals surface area contributed by atoms with E-state index in [0.717, 1.165) is 17.4 Å². The van der Waals surface area contributed by atoms with Gasteiger partial charge in [0.25, 0.3) is 0 Å². The second kappa shape index (κ2) is 6.79. The van der Waals surface area contributed by atoms with E-state index in [9.17, 15) is 0 Å². The fourth-order valence-electron chi connectivity index (χ4n) is 2.41. The van der Waals surface area contributed by atoms with Gasteiger partial charge in [-0.15, -0.1) is 0 Å². The van der Waals surface area contributed by atoms with Crippen LogP contribution >= 0.6 is 11.8 Å². The van der Waals surface area contributed by atoms with Crippen molar-refractivity contribution in [1.29, 1.82) is 0 Å². The van der Waals surface area contributed by atoms with Gasteiger partial charge in [-0.05, 0) is 11.8 Å². The van der Waals surface area contributed by atoms with Gasteiger partial charge in [0.15, 0.2) is 5.82 Å². The molecule has 0 radical (unpaired) electrons. The molecule has 0 saturated heterocycles. The van der Waals surface area contributed by atoms with E-state index in [1.807, 2.05) is 36.8 Å². The number of hydrogen-bond donors (Lipinski definition) is 0. The van der Waals surface area contributed by atoms with Crippen molar-refractivity contribution in [2.24, 2.45) is 0 Å². The van der Waals surface area contributed by atoms with Gasteiger partial charge >= 0.3 is 0 Å². The molecule has 0 N–H and O–H groups in total. The van der Waals surface area contributed by atoms with E-state index in [2.05, 4.69) is 38.7 Å². The van der Waals surface area contributed by atoms with Crippen LogP contribution in [0, 0.1) is 0 Å². The van der Waals surface area contributed by atoms with Crippen molar-refractivity contribution in [1.82, 2.24) is 19.7 Å². The van der Waals surface area contributed by atoms with Gasteiger partial charge in [0.05, 0.1) is 5.75 Å². The van der Waals surface area contributed by atoms with Gasteiger partial charge < -0.3 is 9.09 Å². The molecule has 0 amide bonds. The highest BCUT2D eigenvalue weighted by Gasteiger charge is 2.16. The molecule has 22 heavy (non-hydrogen) atoms. The fourth-order valence-corrected chi connectivity index (χ4v) is 2.79. The SMILES string of the molecule is CSCc1noc(Cn2ccnc2[C@H](C)c2ccccc2)n1. The molecule has 0 saturated carbocycles. The Bertz CT molecular complexity index is 723.